The van der Waals surface area contributed by atoms with Gasteiger partial charge in [0.2, 0.25) is 0 Å². The molecule has 0 spiro atoms. The molecule has 0 aliphatic carbocycles. The molecule has 0 atom stereocenters. The summed E-state index contributed by atoms with van der Waals surface area (Å²) in [4.78, 5) is 13.2. The first-order valence-corrected chi connectivity index (χ1v) is 6.71. The van der Waals surface area contributed by atoms with Gasteiger partial charge in [-0.05, 0) is 25.1 Å². The predicted molar refractivity (Wildman–Crippen MR) is 82.9 cm³/mol. The maximum absolute atomic E-state index is 11.3. The van der Waals surface area contributed by atoms with E-state index in [4.69, 9.17) is 17.3 Å². The molecule has 1 aromatic carbocycles. The molecular weight excluding hydrogens is 292 g/mol. The van der Waals surface area contributed by atoms with Crippen LogP contribution in [0.2, 0.25) is 5.15 Å². The number of aromatic nitrogens is 2. The third-order valence-electron chi connectivity index (χ3n) is 3.33. The second kappa shape index (κ2) is 5.65. The summed E-state index contributed by atoms with van der Waals surface area (Å²) < 4.78 is 1.60. The molecule has 0 aliphatic rings. The van der Waals surface area contributed by atoms with Gasteiger partial charge in [0, 0.05) is 31.9 Å². The van der Waals surface area contributed by atoms with E-state index in [2.05, 4.69) is 5.10 Å². The number of carboxylic acids is 1. The van der Waals surface area contributed by atoms with Gasteiger partial charge in [0.05, 0.1) is 16.9 Å². The molecule has 0 amide bonds. The number of nitrogen functional groups attached to an aromatic ring is 1. The number of hydrogen-bond acceptors (Lipinski definition) is 4. The Morgan fingerprint density at radius 1 is 1.52 bits per heavy atom. The van der Waals surface area contributed by atoms with E-state index in [-0.39, 0.29) is 5.56 Å². The summed E-state index contributed by atoms with van der Waals surface area (Å²) in [6.45, 7) is 2.33. The van der Waals surface area contributed by atoms with Gasteiger partial charge in [-0.15, -0.1) is 0 Å². The van der Waals surface area contributed by atoms with E-state index in [0.717, 1.165) is 11.3 Å². The molecule has 1 heterocycles. The molecule has 0 bridgehead atoms. The number of anilines is 2. The Morgan fingerprint density at radius 2 is 2.19 bits per heavy atom. The lowest BCUT2D eigenvalue weighted by atomic mass is 10.1. The molecule has 1 aromatic heterocycles. The third-order valence-corrected chi connectivity index (χ3v) is 3.80. The van der Waals surface area contributed by atoms with Crippen molar-refractivity contribution in [3.8, 4) is 0 Å². The first-order chi connectivity index (χ1) is 9.81. The number of halogens is 1. The number of carbonyl (C=O) groups is 1. The Kier molecular flexibility index (Phi) is 4.09. The minimum absolute atomic E-state index is 0.162. The fourth-order valence-corrected chi connectivity index (χ4v) is 2.47. The summed E-state index contributed by atoms with van der Waals surface area (Å²) in [6.07, 6.45) is 0. The fourth-order valence-electron chi connectivity index (χ4n) is 2.23. The van der Waals surface area contributed by atoms with E-state index in [0.29, 0.717) is 23.1 Å². The van der Waals surface area contributed by atoms with Crippen LogP contribution in [-0.2, 0) is 13.6 Å². The van der Waals surface area contributed by atoms with Gasteiger partial charge in [-0.2, -0.15) is 5.10 Å². The number of nitrogens with two attached hydrogens (primary N) is 1. The van der Waals surface area contributed by atoms with Crippen LogP contribution in [0.5, 0.6) is 0 Å². The fraction of sp³-hybridized carbons (Fsp3) is 0.286. The average Bonchev–Trinajstić information content (AvgIpc) is 2.65. The average molecular weight is 309 g/mol. The van der Waals surface area contributed by atoms with Crippen LogP contribution >= 0.6 is 11.6 Å². The largest absolute Gasteiger partial charge is 0.478 e. The SMILES string of the molecule is Cc1nn(C)c(Cl)c1CN(C)c1ccc(N)cc1C(=O)O. The zero-order valence-electron chi connectivity index (χ0n) is 12.1. The van der Waals surface area contributed by atoms with Gasteiger partial charge < -0.3 is 15.7 Å². The monoisotopic (exact) mass is 308 g/mol. The molecule has 3 N–H and O–H groups in total. The highest BCUT2D eigenvalue weighted by molar-refractivity contribution is 6.30. The van der Waals surface area contributed by atoms with Gasteiger partial charge in [0.25, 0.3) is 0 Å². The Bertz CT molecular complexity index is 697. The van der Waals surface area contributed by atoms with E-state index >= 15 is 0 Å². The molecule has 21 heavy (non-hydrogen) atoms. The van der Waals surface area contributed by atoms with Crippen molar-refractivity contribution >= 4 is 28.9 Å². The smallest absolute Gasteiger partial charge is 0.337 e. The Labute approximate surface area is 127 Å². The van der Waals surface area contributed by atoms with Crippen molar-refractivity contribution in [2.24, 2.45) is 7.05 Å². The summed E-state index contributed by atoms with van der Waals surface area (Å²) in [5.41, 5.74) is 8.50. The van der Waals surface area contributed by atoms with Crippen molar-refractivity contribution in [2.75, 3.05) is 17.7 Å². The van der Waals surface area contributed by atoms with E-state index in [1.54, 1.807) is 30.9 Å². The van der Waals surface area contributed by atoms with E-state index in [9.17, 15) is 9.90 Å². The molecule has 112 valence electrons. The van der Waals surface area contributed by atoms with E-state index in [1.165, 1.54) is 6.07 Å². The van der Waals surface area contributed by atoms with Crippen LogP contribution in [0.1, 0.15) is 21.6 Å². The lowest BCUT2D eigenvalue weighted by Crippen LogP contribution is -2.20. The molecule has 0 saturated heterocycles. The number of benzene rings is 1. The van der Waals surface area contributed by atoms with Crippen LogP contribution in [0, 0.1) is 6.92 Å². The summed E-state index contributed by atoms with van der Waals surface area (Å²) in [7, 11) is 3.57. The first-order valence-electron chi connectivity index (χ1n) is 6.33. The highest BCUT2D eigenvalue weighted by atomic mass is 35.5. The van der Waals surface area contributed by atoms with Crippen molar-refractivity contribution in [3.63, 3.8) is 0 Å². The number of hydrogen-bond donors (Lipinski definition) is 2. The summed E-state index contributed by atoms with van der Waals surface area (Å²) in [6, 6.07) is 4.82. The maximum atomic E-state index is 11.3. The van der Waals surface area contributed by atoms with Crippen molar-refractivity contribution in [1.82, 2.24) is 9.78 Å². The molecule has 0 radical (unpaired) electrons. The molecule has 2 rings (SSSR count). The van der Waals surface area contributed by atoms with Crippen LogP contribution < -0.4 is 10.6 Å². The van der Waals surface area contributed by atoms with Crippen LogP contribution in [0.3, 0.4) is 0 Å². The molecule has 0 aliphatic heterocycles. The van der Waals surface area contributed by atoms with Crippen molar-refractivity contribution in [2.45, 2.75) is 13.5 Å². The number of rotatable bonds is 4. The summed E-state index contributed by atoms with van der Waals surface area (Å²) in [5, 5.41) is 14.1. The minimum Gasteiger partial charge on any atom is -0.478 e. The van der Waals surface area contributed by atoms with E-state index in [1.807, 2.05) is 11.8 Å². The third kappa shape index (κ3) is 2.95. The van der Waals surface area contributed by atoms with Gasteiger partial charge >= 0.3 is 5.97 Å². The first kappa shape index (κ1) is 15.2. The van der Waals surface area contributed by atoms with Gasteiger partial charge in [-0.25, -0.2) is 4.79 Å². The molecule has 0 unspecified atom stereocenters. The summed E-state index contributed by atoms with van der Waals surface area (Å²) >= 11 is 6.21. The van der Waals surface area contributed by atoms with Gasteiger partial charge in [0.15, 0.2) is 0 Å². The Morgan fingerprint density at radius 3 is 2.71 bits per heavy atom. The minimum atomic E-state index is -1.02. The van der Waals surface area contributed by atoms with Crippen LogP contribution in [-0.4, -0.2) is 27.9 Å². The zero-order chi connectivity index (χ0) is 15.7. The van der Waals surface area contributed by atoms with Gasteiger partial charge in [-0.3, -0.25) is 4.68 Å². The molecule has 2 aromatic rings. The normalized spacial score (nSPS) is 10.7. The molecular formula is C14H17ClN4O2. The number of nitrogens with zero attached hydrogens (tertiary/aromatic N) is 3. The molecule has 0 fully saturated rings. The Balaban J connectivity index is 2.37. The van der Waals surface area contributed by atoms with Crippen molar-refractivity contribution < 1.29 is 9.90 Å². The lowest BCUT2D eigenvalue weighted by molar-refractivity contribution is 0.0697. The summed E-state index contributed by atoms with van der Waals surface area (Å²) in [5.74, 6) is -1.02. The molecule has 7 heteroatoms. The second-order valence-electron chi connectivity index (χ2n) is 4.92. The molecule has 6 nitrogen and oxygen atoms in total. The topological polar surface area (TPSA) is 84.4 Å². The van der Waals surface area contributed by atoms with Gasteiger partial charge in [0.1, 0.15) is 5.15 Å². The van der Waals surface area contributed by atoms with Crippen molar-refractivity contribution in [3.05, 3.63) is 40.2 Å². The second-order valence-corrected chi connectivity index (χ2v) is 5.27. The lowest BCUT2D eigenvalue weighted by Gasteiger charge is -2.21. The molecule has 0 saturated carbocycles. The van der Waals surface area contributed by atoms with Crippen LogP contribution in [0.25, 0.3) is 0 Å². The zero-order valence-corrected chi connectivity index (χ0v) is 12.8. The maximum Gasteiger partial charge on any atom is 0.337 e. The van der Waals surface area contributed by atoms with Crippen LogP contribution in [0.4, 0.5) is 11.4 Å². The number of carboxylic acid groups (broad SMARTS) is 1. The highest BCUT2D eigenvalue weighted by Crippen LogP contribution is 2.26. The standard InChI is InChI=1S/C14H17ClN4O2/c1-8-11(13(15)19(3)17-8)7-18(2)12-5-4-9(16)6-10(12)14(20)21/h4-6H,7,16H2,1-3H3,(H,20,21). The van der Waals surface area contributed by atoms with E-state index < -0.39 is 5.97 Å². The Hall–Kier alpha value is -2.21. The van der Waals surface area contributed by atoms with Crippen molar-refractivity contribution in [1.29, 1.82) is 0 Å². The number of aryl methyl sites for hydroxylation is 2. The van der Waals surface area contributed by atoms with Gasteiger partial charge in [-0.1, -0.05) is 11.6 Å². The predicted octanol–water partition coefficient (Wildman–Crippen LogP) is 2.30. The highest BCUT2D eigenvalue weighted by Gasteiger charge is 2.18. The number of aromatic carboxylic acids is 1. The quantitative estimate of drug-likeness (QED) is 0.847. The van der Waals surface area contributed by atoms with Crippen LogP contribution in [0.15, 0.2) is 18.2 Å².